The Morgan fingerprint density at radius 3 is 3.10 bits per heavy atom. The third-order valence-corrected chi connectivity index (χ3v) is 6.58. The van der Waals surface area contributed by atoms with Crippen molar-refractivity contribution in [3.05, 3.63) is 52.8 Å². The third kappa shape index (κ3) is 3.37. The molecule has 0 bridgehead atoms. The monoisotopic (exact) mass is 408 g/mol. The zero-order valence-corrected chi connectivity index (χ0v) is 17.2. The number of anilines is 2. The second-order valence-corrected chi connectivity index (χ2v) is 8.57. The lowest BCUT2D eigenvalue weighted by Crippen LogP contribution is -2.48. The van der Waals surface area contributed by atoms with Crippen molar-refractivity contribution in [3.63, 3.8) is 0 Å². The summed E-state index contributed by atoms with van der Waals surface area (Å²) < 4.78 is -0.392. The van der Waals surface area contributed by atoms with Gasteiger partial charge in [0.25, 0.3) is 0 Å². The highest BCUT2D eigenvalue weighted by Gasteiger charge is 2.39. The predicted octanol–water partition coefficient (Wildman–Crippen LogP) is 4.02. The largest absolute Gasteiger partial charge is 0.627 e. The highest BCUT2D eigenvalue weighted by atomic mass is 32.1. The van der Waals surface area contributed by atoms with Gasteiger partial charge in [0.15, 0.2) is 0 Å². The Balaban J connectivity index is 1.56. The standard InChI is InChI=1S/C21H24N6OS/c1-2-22-21-24-12-16-13-27(28,14-17-6-4-9-26(17)19(16)25-21)18-7-3-5-15(11-18)20-23-8-10-29-20/h3,5,7-8,10-12,17H,2,4,6,9,13-14H2,1H3,(H,22,24,25)/t17-,27?/m0/s1. The van der Waals surface area contributed by atoms with Gasteiger partial charge in [0.05, 0.1) is 11.6 Å². The SMILES string of the molecule is CCNc1ncc2c(n1)N1CCC[C@H]1C[N+]([O-])(c1cccc(-c3nccs3)c1)C2. The second-order valence-electron chi connectivity index (χ2n) is 7.68. The first-order chi connectivity index (χ1) is 14.2. The van der Waals surface area contributed by atoms with Crippen molar-refractivity contribution in [2.75, 3.05) is 29.9 Å². The molecule has 2 aliphatic rings. The average Bonchev–Trinajstić information content (AvgIpc) is 3.40. The van der Waals surface area contributed by atoms with E-state index in [0.717, 1.165) is 53.6 Å². The smallest absolute Gasteiger partial charge is 0.224 e. The summed E-state index contributed by atoms with van der Waals surface area (Å²) in [6.07, 6.45) is 5.74. The number of nitrogens with zero attached hydrogens (tertiary/aromatic N) is 5. The molecule has 0 spiro atoms. The molecule has 7 nitrogen and oxygen atoms in total. The number of nitrogens with one attached hydrogen (secondary N) is 1. The zero-order valence-electron chi connectivity index (χ0n) is 16.4. The molecule has 1 N–H and O–H groups in total. The molecule has 8 heteroatoms. The molecule has 1 aromatic carbocycles. The van der Waals surface area contributed by atoms with Crippen molar-refractivity contribution in [2.24, 2.45) is 0 Å². The van der Waals surface area contributed by atoms with Gasteiger partial charge in [0.1, 0.15) is 29.6 Å². The number of fused-ring (bicyclic) bond motifs is 3. The van der Waals surface area contributed by atoms with Crippen LogP contribution in [0.25, 0.3) is 10.6 Å². The molecule has 0 aliphatic carbocycles. The minimum absolute atomic E-state index is 0.196. The van der Waals surface area contributed by atoms with E-state index in [9.17, 15) is 5.21 Å². The molecule has 2 atom stereocenters. The summed E-state index contributed by atoms with van der Waals surface area (Å²) in [7, 11) is 0. The number of aromatic nitrogens is 3. The minimum Gasteiger partial charge on any atom is -0.627 e. The first-order valence-corrected chi connectivity index (χ1v) is 11.0. The molecule has 0 radical (unpaired) electrons. The highest BCUT2D eigenvalue weighted by Crippen LogP contribution is 2.38. The van der Waals surface area contributed by atoms with Gasteiger partial charge in [-0.15, -0.1) is 11.3 Å². The molecule has 1 fully saturated rings. The number of hydrogen-bond donors (Lipinski definition) is 1. The molecule has 1 saturated heterocycles. The summed E-state index contributed by atoms with van der Waals surface area (Å²) in [6, 6.07) is 8.13. The molecule has 4 heterocycles. The van der Waals surface area contributed by atoms with E-state index in [1.54, 1.807) is 17.5 Å². The fourth-order valence-electron chi connectivity index (χ4n) is 4.44. The van der Waals surface area contributed by atoms with Crippen molar-refractivity contribution < 1.29 is 0 Å². The lowest BCUT2D eigenvalue weighted by atomic mass is 10.1. The Labute approximate surface area is 174 Å². The fraction of sp³-hybridized carbons (Fsp3) is 0.381. The molecule has 2 aromatic heterocycles. The van der Waals surface area contributed by atoms with E-state index in [0.29, 0.717) is 19.0 Å². The van der Waals surface area contributed by atoms with Gasteiger partial charge in [-0.2, -0.15) is 4.98 Å². The van der Waals surface area contributed by atoms with Crippen LogP contribution >= 0.6 is 11.3 Å². The molecular weight excluding hydrogens is 384 g/mol. The number of rotatable bonds is 4. The van der Waals surface area contributed by atoms with Crippen LogP contribution in [0.2, 0.25) is 0 Å². The van der Waals surface area contributed by atoms with Gasteiger partial charge < -0.3 is 20.1 Å². The molecule has 29 heavy (non-hydrogen) atoms. The maximum absolute atomic E-state index is 14.2. The van der Waals surface area contributed by atoms with Crippen molar-refractivity contribution in [2.45, 2.75) is 32.4 Å². The number of thiazole rings is 1. The lowest BCUT2D eigenvalue weighted by Gasteiger charge is -2.43. The van der Waals surface area contributed by atoms with E-state index in [-0.39, 0.29) is 6.04 Å². The van der Waals surface area contributed by atoms with E-state index in [1.165, 1.54) is 0 Å². The van der Waals surface area contributed by atoms with Crippen LogP contribution in [-0.4, -0.2) is 40.6 Å². The van der Waals surface area contributed by atoms with Crippen molar-refractivity contribution in [1.82, 2.24) is 19.6 Å². The predicted molar refractivity (Wildman–Crippen MR) is 118 cm³/mol. The van der Waals surface area contributed by atoms with Gasteiger partial charge in [0, 0.05) is 42.5 Å². The van der Waals surface area contributed by atoms with Crippen LogP contribution in [0.3, 0.4) is 0 Å². The van der Waals surface area contributed by atoms with Crippen LogP contribution in [-0.2, 0) is 6.54 Å². The quantitative estimate of drug-likeness (QED) is 0.519. The zero-order chi connectivity index (χ0) is 19.8. The molecule has 5 rings (SSSR count). The van der Waals surface area contributed by atoms with Crippen LogP contribution < -0.4 is 14.9 Å². The summed E-state index contributed by atoms with van der Waals surface area (Å²) in [6.45, 7) is 4.61. The van der Waals surface area contributed by atoms with Crippen LogP contribution in [0.1, 0.15) is 25.3 Å². The number of hydroxylamine groups is 2. The first-order valence-electron chi connectivity index (χ1n) is 10.1. The number of benzene rings is 1. The van der Waals surface area contributed by atoms with Crippen LogP contribution in [0.4, 0.5) is 17.5 Å². The Morgan fingerprint density at radius 1 is 1.34 bits per heavy atom. The number of quaternary nitrogens is 1. The topological polar surface area (TPSA) is 77.0 Å². The summed E-state index contributed by atoms with van der Waals surface area (Å²) in [5.41, 5.74) is 2.69. The molecule has 150 valence electrons. The van der Waals surface area contributed by atoms with Crippen molar-refractivity contribution in [1.29, 1.82) is 0 Å². The maximum Gasteiger partial charge on any atom is 0.224 e. The van der Waals surface area contributed by atoms with E-state index >= 15 is 0 Å². The molecule has 3 aromatic rings. The molecule has 0 amide bonds. The lowest BCUT2D eigenvalue weighted by molar-refractivity contribution is 0.346. The van der Waals surface area contributed by atoms with Gasteiger partial charge in [0.2, 0.25) is 5.95 Å². The third-order valence-electron chi connectivity index (χ3n) is 5.75. The van der Waals surface area contributed by atoms with E-state index in [1.807, 2.05) is 42.8 Å². The minimum atomic E-state index is -0.392. The van der Waals surface area contributed by atoms with Gasteiger partial charge in [-0.3, -0.25) is 0 Å². The Hall–Kier alpha value is -2.55. The summed E-state index contributed by atoms with van der Waals surface area (Å²) in [4.78, 5) is 15.9. The summed E-state index contributed by atoms with van der Waals surface area (Å²) in [5.74, 6) is 1.55. The molecule has 2 aliphatic heterocycles. The summed E-state index contributed by atoms with van der Waals surface area (Å²) >= 11 is 1.59. The van der Waals surface area contributed by atoms with Crippen molar-refractivity contribution in [3.8, 4) is 10.6 Å². The van der Waals surface area contributed by atoms with Gasteiger partial charge in [-0.1, -0.05) is 12.1 Å². The van der Waals surface area contributed by atoms with Gasteiger partial charge in [-0.25, -0.2) is 9.97 Å². The maximum atomic E-state index is 14.2. The Kier molecular flexibility index (Phi) is 4.69. The van der Waals surface area contributed by atoms with E-state index in [2.05, 4.69) is 20.2 Å². The van der Waals surface area contributed by atoms with E-state index < -0.39 is 4.65 Å². The Morgan fingerprint density at radius 2 is 2.28 bits per heavy atom. The van der Waals surface area contributed by atoms with Crippen LogP contribution in [0, 0.1) is 5.21 Å². The van der Waals surface area contributed by atoms with E-state index in [4.69, 9.17) is 4.98 Å². The van der Waals surface area contributed by atoms with Crippen LogP contribution in [0.15, 0.2) is 42.0 Å². The highest BCUT2D eigenvalue weighted by molar-refractivity contribution is 7.13. The molecule has 1 unspecified atom stereocenters. The first kappa shape index (κ1) is 18.5. The van der Waals surface area contributed by atoms with Gasteiger partial charge >= 0.3 is 0 Å². The number of hydrogen-bond acceptors (Lipinski definition) is 7. The van der Waals surface area contributed by atoms with Gasteiger partial charge in [-0.05, 0) is 25.8 Å². The summed E-state index contributed by atoms with van der Waals surface area (Å²) in [5, 5.41) is 20.3. The molecular formula is C21H24N6OS. The normalized spacial score (nSPS) is 23.4. The molecule has 0 saturated carbocycles. The second kappa shape index (κ2) is 7.37. The van der Waals surface area contributed by atoms with Crippen LogP contribution in [0.5, 0.6) is 0 Å². The average molecular weight is 409 g/mol. The fourth-order valence-corrected chi connectivity index (χ4v) is 5.08. The van der Waals surface area contributed by atoms with Crippen molar-refractivity contribution >= 4 is 28.8 Å². The Bertz CT molecular complexity index is 1010.